The quantitative estimate of drug-likeness (QED) is 0.739. The number of carbonyl (C=O) groups is 1. The number of amides is 1. The Balaban J connectivity index is 1.37. The Morgan fingerprint density at radius 3 is 2.71 bits per heavy atom. The minimum absolute atomic E-state index is 0.0564. The van der Waals surface area contributed by atoms with Gasteiger partial charge in [0.15, 0.2) is 5.82 Å². The Morgan fingerprint density at radius 2 is 1.96 bits per heavy atom. The summed E-state index contributed by atoms with van der Waals surface area (Å²) < 4.78 is 0. The lowest BCUT2D eigenvalue weighted by molar-refractivity contribution is -0.125. The molecule has 1 atom stereocenters. The summed E-state index contributed by atoms with van der Waals surface area (Å²) >= 11 is 0. The van der Waals surface area contributed by atoms with Crippen molar-refractivity contribution < 1.29 is 4.79 Å². The van der Waals surface area contributed by atoms with E-state index in [0.29, 0.717) is 13.1 Å². The van der Waals surface area contributed by atoms with Crippen LogP contribution in [0.2, 0.25) is 0 Å². The molecule has 28 heavy (non-hydrogen) atoms. The van der Waals surface area contributed by atoms with Crippen LogP contribution in [0.4, 0.5) is 5.82 Å². The molecule has 0 bridgehead atoms. The van der Waals surface area contributed by atoms with E-state index in [1.165, 1.54) is 0 Å². The molecule has 4 heterocycles. The molecule has 0 radical (unpaired) electrons. The molecule has 1 aliphatic heterocycles. The summed E-state index contributed by atoms with van der Waals surface area (Å²) in [5, 5.41) is 11.7. The van der Waals surface area contributed by atoms with E-state index in [0.717, 1.165) is 42.2 Å². The van der Waals surface area contributed by atoms with Crippen LogP contribution in [0.5, 0.6) is 0 Å². The molecule has 1 aliphatic rings. The van der Waals surface area contributed by atoms with E-state index in [1.807, 2.05) is 42.5 Å². The van der Waals surface area contributed by atoms with E-state index in [4.69, 9.17) is 0 Å². The highest BCUT2D eigenvalue weighted by Crippen LogP contribution is 2.23. The first-order valence-corrected chi connectivity index (χ1v) is 9.46. The number of hydrogen-bond donors (Lipinski definition) is 1. The molecule has 7 heteroatoms. The van der Waals surface area contributed by atoms with Gasteiger partial charge in [0.1, 0.15) is 0 Å². The number of nitrogens with zero attached hydrogens (tertiary/aromatic N) is 5. The Hall–Kier alpha value is -3.35. The number of nitrogens with one attached hydrogen (secondary N) is 1. The van der Waals surface area contributed by atoms with E-state index in [9.17, 15) is 4.79 Å². The van der Waals surface area contributed by atoms with Gasteiger partial charge in [-0.15, -0.1) is 10.2 Å². The molecule has 4 rings (SSSR count). The Bertz CT molecular complexity index is 901. The fraction of sp³-hybridized carbons (Fsp3) is 0.286. The topological polar surface area (TPSA) is 83.9 Å². The number of carbonyl (C=O) groups excluding carboxylic acids is 1. The average molecular weight is 374 g/mol. The smallest absolute Gasteiger partial charge is 0.225 e. The van der Waals surface area contributed by atoms with Gasteiger partial charge < -0.3 is 10.2 Å². The molecule has 1 unspecified atom stereocenters. The van der Waals surface area contributed by atoms with Crippen molar-refractivity contribution in [2.24, 2.45) is 5.92 Å². The summed E-state index contributed by atoms with van der Waals surface area (Å²) in [5.41, 5.74) is 2.66. The largest absolute Gasteiger partial charge is 0.354 e. The van der Waals surface area contributed by atoms with Gasteiger partial charge in [-0.1, -0.05) is 6.07 Å². The van der Waals surface area contributed by atoms with Crippen molar-refractivity contribution in [2.45, 2.75) is 19.4 Å². The van der Waals surface area contributed by atoms with Crippen LogP contribution < -0.4 is 10.2 Å². The summed E-state index contributed by atoms with van der Waals surface area (Å²) in [6, 6.07) is 13.4. The van der Waals surface area contributed by atoms with Crippen molar-refractivity contribution in [3.63, 3.8) is 0 Å². The van der Waals surface area contributed by atoms with Crippen molar-refractivity contribution in [3.05, 3.63) is 66.7 Å². The first-order valence-electron chi connectivity index (χ1n) is 9.46. The minimum atomic E-state index is -0.0564. The molecule has 0 saturated carbocycles. The first-order chi connectivity index (χ1) is 13.8. The molecule has 1 N–H and O–H groups in total. The maximum Gasteiger partial charge on any atom is 0.225 e. The first kappa shape index (κ1) is 18.0. The van der Waals surface area contributed by atoms with Crippen molar-refractivity contribution in [3.8, 4) is 11.3 Å². The average Bonchev–Trinajstić information content (AvgIpc) is 2.79. The second-order valence-corrected chi connectivity index (χ2v) is 6.84. The number of hydrogen-bond acceptors (Lipinski definition) is 6. The second-order valence-electron chi connectivity index (χ2n) is 6.84. The predicted molar refractivity (Wildman–Crippen MR) is 106 cm³/mol. The van der Waals surface area contributed by atoms with Gasteiger partial charge in [0.25, 0.3) is 0 Å². The SMILES string of the molecule is O=C(NCc1ccccn1)C1CCCN(c2ccc(-c3ccncc3)nn2)C1. The lowest BCUT2D eigenvalue weighted by Gasteiger charge is -2.32. The van der Waals surface area contributed by atoms with Gasteiger partial charge in [-0.25, -0.2) is 0 Å². The minimum Gasteiger partial charge on any atom is -0.354 e. The van der Waals surface area contributed by atoms with Crippen LogP contribution in [0.15, 0.2) is 61.1 Å². The van der Waals surface area contributed by atoms with E-state index in [1.54, 1.807) is 18.6 Å². The highest BCUT2D eigenvalue weighted by Gasteiger charge is 2.26. The van der Waals surface area contributed by atoms with Gasteiger partial charge in [-0.3, -0.25) is 14.8 Å². The highest BCUT2D eigenvalue weighted by molar-refractivity contribution is 5.79. The van der Waals surface area contributed by atoms with Crippen LogP contribution in [-0.2, 0) is 11.3 Å². The zero-order chi connectivity index (χ0) is 19.2. The molecular weight excluding hydrogens is 352 g/mol. The number of piperidine rings is 1. The van der Waals surface area contributed by atoms with Crippen molar-refractivity contribution in [2.75, 3.05) is 18.0 Å². The molecule has 1 amide bonds. The fourth-order valence-corrected chi connectivity index (χ4v) is 3.39. The summed E-state index contributed by atoms with van der Waals surface area (Å²) in [4.78, 5) is 23.0. The van der Waals surface area contributed by atoms with Gasteiger partial charge in [0.2, 0.25) is 5.91 Å². The van der Waals surface area contributed by atoms with Crippen molar-refractivity contribution in [1.82, 2.24) is 25.5 Å². The van der Waals surface area contributed by atoms with Crippen LogP contribution in [0, 0.1) is 5.92 Å². The van der Waals surface area contributed by atoms with Crippen LogP contribution in [0.25, 0.3) is 11.3 Å². The third-order valence-corrected chi connectivity index (χ3v) is 4.91. The second kappa shape index (κ2) is 8.56. The van der Waals surface area contributed by atoms with E-state index in [2.05, 4.69) is 30.4 Å². The summed E-state index contributed by atoms with van der Waals surface area (Å²) in [7, 11) is 0. The molecular formula is C21H22N6O. The van der Waals surface area contributed by atoms with Crippen LogP contribution >= 0.6 is 0 Å². The normalized spacial score (nSPS) is 16.6. The predicted octanol–water partition coefficient (Wildman–Crippen LogP) is 2.47. The maximum atomic E-state index is 12.6. The van der Waals surface area contributed by atoms with Gasteiger partial charge in [0.05, 0.1) is 23.9 Å². The molecule has 142 valence electrons. The Morgan fingerprint density at radius 1 is 1.07 bits per heavy atom. The zero-order valence-electron chi connectivity index (χ0n) is 15.5. The molecule has 1 fully saturated rings. The van der Waals surface area contributed by atoms with E-state index >= 15 is 0 Å². The van der Waals surface area contributed by atoms with Crippen LogP contribution in [0.3, 0.4) is 0 Å². The fourth-order valence-electron chi connectivity index (χ4n) is 3.39. The Kier molecular flexibility index (Phi) is 5.51. The van der Waals surface area contributed by atoms with E-state index < -0.39 is 0 Å². The van der Waals surface area contributed by atoms with Gasteiger partial charge in [-0.2, -0.15) is 0 Å². The zero-order valence-corrected chi connectivity index (χ0v) is 15.5. The van der Waals surface area contributed by atoms with Gasteiger partial charge >= 0.3 is 0 Å². The van der Waals surface area contributed by atoms with Gasteiger partial charge in [0, 0.05) is 37.2 Å². The lowest BCUT2D eigenvalue weighted by Crippen LogP contribution is -2.43. The summed E-state index contributed by atoms with van der Waals surface area (Å²) in [5.74, 6) is 0.816. The van der Waals surface area contributed by atoms with Gasteiger partial charge in [-0.05, 0) is 49.2 Å². The molecule has 0 aromatic carbocycles. The number of rotatable bonds is 5. The third kappa shape index (κ3) is 4.31. The summed E-state index contributed by atoms with van der Waals surface area (Å²) in [6.07, 6.45) is 7.05. The molecule has 7 nitrogen and oxygen atoms in total. The number of anilines is 1. The standard InChI is InChI=1S/C21H22N6O/c28-21(24-14-18-5-1-2-10-23-18)17-4-3-13-27(15-17)20-7-6-19(25-26-20)16-8-11-22-12-9-16/h1-2,5-12,17H,3-4,13-15H2,(H,24,28). The number of aromatic nitrogens is 4. The molecule has 0 spiro atoms. The van der Waals surface area contributed by atoms with Crippen molar-refractivity contribution >= 4 is 11.7 Å². The highest BCUT2D eigenvalue weighted by atomic mass is 16.1. The maximum absolute atomic E-state index is 12.6. The molecule has 3 aromatic rings. The van der Waals surface area contributed by atoms with Crippen LogP contribution in [-0.4, -0.2) is 39.2 Å². The summed E-state index contributed by atoms with van der Waals surface area (Å²) in [6.45, 7) is 1.99. The van der Waals surface area contributed by atoms with E-state index in [-0.39, 0.29) is 11.8 Å². The van der Waals surface area contributed by atoms with Crippen molar-refractivity contribution in [1.29, 1.82) is 0 Å². The lowest BCUT2D eigenvalue weighted by atomic mass is 9.97. The monoisotopic (exact) mass is 374 g/mol. The third-order valence-electron chi connectivity index (χ3n) is 4.91. The molecule has 0 aliphatic carbocycles. The van der Waals surface area contributed by atoms with Crippen LogP contribution in [0.1, 0.15) is 18.5 Å². The Labute approximate surface area is 163 Å². The number of pyridine rings is 2. The molecule has 3 aromatic heterocycles. The molecule has 1 saturated heterocycles.